The van der Waals surface area contributed by atoms with Crippen LogP contribution in [0.25, 0.3) is 5.76 Å². The van der Waals surface area contributed by atoms with E-state index in [4.69, 9.17) is 25.8 Å². The number of hydrogen-bond acceptors (Lipinski definition) is 6. The maximum atomic E-state index is 13.3. The molecule has 3 aromatic carbocycles. The molecule has 1 aliphatic heterocycles. The molecule has 1 amide bonds. The zero-order valence-electron chi connectivity index (χ0n) is 19.4. The van der Waals surface area contributed by atoms with Gasteiger partial charge in [0.25, 0.3) is 11.7 Å². The first-order chi connectivity index (χ1) is 16.9. The summed E-state index contributed by atoms with van der Waals surface area (Å²) in [5, 5.41) is 11.9. The van der Waals surface area contributed by atoms with Crippen molar-refractivity contribution >= 4 is 34.7 Å². The molecule has 7 nitrogen and oxygen atoms in total. The van der Waals surface area contributed by atoms with Gasteiger partial charge in [0.1, 0.15) is 23.0 Å². The second-order valence-corrected chi connectivity index (χ2v) is 8.15. The number of carbonyl (C=O) groups is 2. The van der Waals surface area contributed by atoms with Gasteiger partial charge in [0.15, 0.2) is 0 Å². The molecule has 0 bridgehead atoms. The number of aliphatic hydroxyl groups excluding tert-OH is 1. The van der Waals surface area contributed by atoms with Crippen LogP contribution in [0.3, 0.4) is 0 Å². The zero-order valence-corrected chi connectivity index (χ0v) is 20.2. The second kappa shape index (κ2) is 10.1. The van der Waals surface area contributed by atoms with Crippen molar-refractivity contribution < 1.29 is 28.9 Å². The molecule has 4 rings (SSSR count). The summed E-state index contributed by atoms with van der Waals surface area (Å²) in [6.07, 6.45) is 0. The maximum Gasteiger partial charge on any atom is 0.300 e. The normalized spacial score (nSPS) is 16.9. The van der Waals surface area contributed by atoms with Crippen LogP contribution < -0.4 is 19.1 Å². The van der Waals surface area contributed by atoms with E-state index in [0.29, 0.717) is 40.1 Å². The van der Waals surface area contributed by atoms with E-state index in [-0.39, 0.29) is 16.9 Å². The molecule has 1 atom stereocenters. The highest BCUT2D eigenvalue weighted by Gasteiger charge is 2.47. The minimum Gasteiger partial charge on any atom is -0.507 e. The minimum absolute atomic E-state index is 0.0605. The van der Waals surface area contributed by atoms with Gasteiger partial charge in [0, 0.05) is 16.8 Å². The molecule has 0 aromatic heterocycles. The molecular formula is C27H24ClNO6. The topological polar surface area (TPSA) is 85.3 Å². The molecule has 0 spiro atoms. The van der Waals surface area contributed by atoms with E-state index in [0.717, 1.165) is 0 Å². The lowest BCUT2D eigenvalue weighted by Gasteiger charge is -2.26. The molecule has 1 saturated heterocycles. The van der Waals surface area contributed by atoms with Crippen molar-refractivity contribution in [2.75, 3.05) is 25.7 Å². The van der Waals surface area contributed by atoms with Gasteiger partial charge in [0.05, 0.1) is 38.0 Å². The summed E-state index contributed by atoms with van der Waals surface area (Å²) < 4.78 is 16.1. The molecule has 8 heteroatoms. The fourth-order valence-electron chi connectivity index (χ4n) is 4.07. The Balaban J connectivity index is 1.91. The average Bonchev–Trinajstić information content (AvgIpc) is 3.14. The number of methoxy groups -OCH3 is 2. The number of aliphatic hydroxyl groups is 1. The first-order valence-corrected chi connectivity index (χ1v) is 11.3. The van der Waals surface area contributed by atoms with Crippen LogP contribution in [0.2, 0.25) is 5.02 Å². The highest BCUT2D eigenvalue weighted by Crippen LogP contribution is 2.44. The molecule has 3 aromatic rings. The molecule has 1 fully saturated rings. The lowest BCUT2D eigenvalue weighted by atomic mass is 9.94. The standard InChI is InChI=1S/C27H24ClNO6/c1-4-35-19-11-9-18(10-12-19)29-24(16-5-7-17(28)8-6-16)23(26(31)27(29)32)25(30)21-14-13-20(33-2)15-22(21)34-3/h5-15,24,30H,4H2,1-3H3/b25-23-. The van der Waals surface area contributed by atoms with Gasteiger partial charge in [-0.15, -0.1) is 0 Å². The van der Waals surface area contributed by atoms with Crippen LogP contribution >= 0.6 is 11.6 Å². The Kier molecular flexibility index (Phi) is 6.98. The number of halogens is 1. The van der Waals surface area contributed by atoms with Gasteiger partial charge >= 0.3 is 0 Å². The largest absolute Gasteiger partial charge is 0.507 e. The Bertz CT molecular complexity index is 1280. The molecule has 0 aliphatic carbocycles. The van der Waals surface area contributed by atoms with Crippen molar-refractivity contribution in [3.05, 3.63) is 88.5 Å². The van der Waals surface area contributed by atoms with E-state index in [1.54, 1.807) is 66.7 Å². The number of nitrogens with zero attached hydrogens (tertiary/aromatic N) is 1. The monoisotopic (exact) mass is 493 g/mol. The summed E-state index contributed by atoms with van der Waals surface area (Å²) in [4.78, 5) is 28.0. The van der Waals surface area contributed by atoms with Crippen LogP contribution in [0.15, 0.2) is 72.3 Å². The smallest absolute Gasteiger partial charge is 0.300 e. The number of carbonyl (C=O) groups excluding carboxylic acids is 2. The van der Waals surface area contributed by atoms with Crippen LogP contribution in [0.1, 0.15) is 24.1 Å². The predicted molar refractivity (Wildman–Crippen MR) is 133 cm³/mol. The molecule has 1 N–H and O–H groups in total. The van der Waals surface area contributed by atoms with Crippen molar-refractivity contribution in [1.82, 2.24) is 0 Å². The van der Waals surface area contributed by atoms with Crippen LogP contribution in [0, 0.1) is 0 Å². The fourth-order valence-corrected chi connectivity index (χ4v) is 4.19. The quantitative estimate of drug-likeness (QED) is 0.270. The molecule has 1 heterocycles. The Morgan fingerprint density at radius 1 is 0.943 bits per heavy atom. The molecule has 1 aliphatic rings. The van der Waals surface area contributed by atoms with Gasteiger partial charge in [-0.2, -0.15) is 0 Å². The SMILES string of the molecule is CCOc1ccc(N2C(=O)C(=O)/C(=C(\O)c3ccc(OC)cc3OC)C2c2ccc(Cl)cc2)cc1. The molecule has 0 radical (unpaired) electrons. The van der Waals surface area contributed by atoms with Crippen molar-refractivity contribution in [1.29, 1.82) is 0 Å². The summed E-state index contributed by atoms with van der Waals surface area (Å²) in [5.74, 6) is -0.473. The number of amides is 1. The summed E-state index contributed by atoms with van der Waals surface area (Å²) in [7, 11) is 2.96. The lowest BCUT2D eigenvalue weighted by Crippen LogP contribution is -2.29. The Labute approximate surface area is 208 Å². The molecule has 35 heavy (non-hydrogen) atoms. The van der Waals surface area contributed by atoms with E-state index in [1.165, 1.54) is 19.1 Å². The molecule has 180 valence electrons. The summed E-state index contributed by atoms with van der Waals surface area (Å²) >= 11 is 6.09. The minimum atomic E-state index is -0.892. The number of ether oxygens (including phenoxy) is 3. The Hall–Kier alpha value is -3.97. The van der Waals surface area contributed by atoms with Crippen LogP contribution in [0.4, 0.5) is 5.69 Å². The number of benzene rings is 3. The van der Waals surface area contributed by atoms with Gasteiger partial charge in [-0.05, 0) is 61.0 Å². The first-order valence-electron chi connectivity index (χ1n) is 10.9. The highest BCUT2D eigenvalue weighted by atomic mass is 35.5. The second-order valence-electron chi connectivity index (χ2n) is 7.71. The summed E-state index contributed by atoms with van der Waals surface area (Å²) in [6.45, 7) is 2.37. The summed E-state index contributed by atoms with van der Waals surface area (Å²) in [5.41, 5.74) is 1.29. The predicted octanol–water partition coefficient (Wildman–Crippen LogP) is 5.38. The van der Waals surface area contributed by atoms with E-state index < -0.39 is 17.7 Å². The fraction of sp³-hybridized carbons (Fsp3) is 0.185. The van der Waals surface area contributed by atoms with E-state index in [9.17, 15) is 14.7 Å². The Morgan fingerprint density at radius 3 is 2.20 bits per heavy atom. The lowest BCUT2D eigenvalue weighted by molar-refractivity contribution is -0.132. The van der Waals surface area contributed by atoms with Gasteiger partial charge < -0.3 is 19.3 Å². The van der Waals surface area contributed by atoms with Crippen LogP contribution in [-0.4, -0.2) is 37.6 Å². The molecular weight excluding hydrogens is 470 g/mol. The van der Waals surface area contributed by atoms with Crippen molar-refractivity contribution in [3.63, 3.8) is 0 Å². The third kappa shape index (κ3) is 4.55. The number of Topliss-reactive ketones (excluding diaryl/α,β-unsaturated/α-hetero) is 1. The van der Waals surface area contributed by atoms with Gasteiger partial charge in [0.2, 0.25) is 0 Å². The maximum absolute atomic E-state index is 13.3. The third-order valence-electron chi connectivity index (χ3n) is 5.72. The number of anilines is 1. The van der Waals surface area contributed by atoms with E-state index >= 15 is 0 Å². The first kappa shape index (κ1) is 24.2. The van der Waals surface area contributed by atoms with Crippen LogP contribution in [-0.2, 0) is 9.59 Å². The highest BCUT2D eigenvalue weighted by molar-refractivity contribution is 6.51. The van der Waals surface area contributed by atoms with Gasteiger partial charge in [-0.1, -0.05) is 23.7 Å². The van der Waals surface area contributed by atoms with Crippen molar-refractivity contribution in [3.8, 4) is 17.2 Å². The van der Waals surface area contributed by atoms with Gasteiger partial charge in [-0.25, -0.2) is 0 Å². The molecule has 0 saturated carbocycles. The van der Waals surface area contributed by atoms with Gasteiger partial charge in [-0.3, -0.25) is 14.5 Å². The average molecular weight is 494 g/mol. The van der Waals surface area contributed by atoms with Crippen molar-refractivity contribution in [2.24, 2.45) is 0 Å². The third-order valence-corrected chi connectivity index (χ3v) is 5.97. The van der Waals surface area contributed by atoms with E-state index in [1.807, 2.05) is 6.92 Å². The Morgan fingerprint density at radius 2 is 1.60 bits per heavy atom. The number of ketones is 1. The summed E-state index contributed by atoms with van der Waals surface area (Å²) in [6, 6.07) is 17.6. The zero-order chi connectivity index (χ0) is 25.1. The van der Waals surface area contributed by atoms with Crippen molar-refractivity contribution in [2.45, 2.75) is 13.0 Å². The number of rotatable bonds is 7. The number of hydrogen-bond donors (Lipinski definition) is 1. The molecule has 1 unspecified atom stereocenters. The van der Waals surface area contributed by atoms with E-state index in [2.05, 4.69) is 0 Å². The van der Waals surface area contributed by atoms with Crippen LogP contribution in [0.5, 0.6) is 17.2 Å².